The van der Waals surface area contributed by atoms with E-state index in [9.17, 15) is 10.3 Å². The lowest BCUT2D eigenvalue weighted by molar-refractivity contribution is 0.198. The van der Waals surface area contributed by atoms with E-state index in [1.807, 2.05) is 18.2 Å². The smallest absolute Gasteiger partial charge is 0.120 e. The Balaban J connectivity index is 1.64. The zero-order valence-corrected chi connectivity index (χ0v) is 16.6. The molecule has 30 heavy (non-hydrogen) atoms. The monoisotopic (exact) mass is 401 g/mol. The third kappa shape index (κ3) is 3.48. The van der Waals surface area contributed by atoms with Gasteiger partial charge in [0.15, 0.2) is 0 Å². The Kier molecular flexibility index (Phi) is 4.80. The van der Waals surface area contributed by atoms with Gasteiger partial charge in [0, 0.05) is 30.7 Å². The zero-order chi connectivity index (χ0) is 20.5. The van der Waals surface area contributed by atoms with Gasteiger partial charge in [-0.1, -0.05) is 6.42 Å². The fourth-order valence-electron chi connectivity index (χ4n) is 4.13. The molecule has 2 aromatic heterocycles. The van der Waals surface area contributed by atoms with Crippen LogP contribution in [0.5, 0.6) is 5.75 Å². The molecule has 152 valence electrons. The number of phenols is 1. The summed E-state index contributed by atoms with van der Waals surface area (Å²) < 4.78 is 1.07. The molecule has 1 aliphatic rings. The zero-order valence-electron chi connectivity index (χ0n) is 16.6. The Hall–Kier alpha value is -3.45. The van der Waals surface area contributed by atoms with Gasteiger partial charge in [-0.2, -0.15) is 4.73 Å². The van der Waals surface area contributed by atoms with Crippen LogP contribution >= 0.6 is 0 Å². The van der Waals surface area contributed by atoms with E-state index in [0.29, 0.717) is 22.1 Å². The fourth-order valence-corrected chi connectivity index (χ4v) is 4.13. The van der Waals surface area contributed by atoms with E-state index in [4.69, 9.17) is 4.99 Å². The molecule has 4 aromatic rings. The molecule has 2 N–H and O–H groups in total. The molecule has 5 rings (SSSR count). The normalized spacial score (nSPS) is 15.8. The summed E-state index contributed by atoms with van der Waals surface area (Å²) in [5.41, 5.74) is 3.66. The minimum absolute atomic E-state index is 0.293. The number of hydrogen-bond acceptors (Lipinski definition) is 6. The molecule has 0 unspecified atom stereocenters. The maximum absolute atomic E-state index is 10.4. The maximum atomic E-state index is 10.4. The van der Waals surface area contributed by atoms with Crippen molar-refractivity contribution in [2.45, 2.75) is 25.8 Å². The number of benzene rings is 2. The van der Waals surface area contributed by atoms with Crippen LogP contribution < -0.4 is 5.36 Å². The van der Waals surface area contributed by atoms with Gasteiger partial charge in [-0.25, -0.2) is 4.99 Å². The Morgan fingerprint density at radius 3 is 2.67 bits per heavy atom. The lowest BCUT2D eigenvalue weighted by Crippen LogP contribution is -2.29. The van der Waals surface area contributed by atoms with Crippen molar-refractivity contribution in [1.29, 1.82) is 0 Å². The van der Waals surface area contributed by atoms with E-state index in [0.717, 1.165) is 46.5 Å². The van der Waals surface area contributed by atoms with Crippen molar-refractivity contribution >= 4 is 27.6 Å². The average Bonchev–Trinajstić information content (AvgIpc) is 2.78. The molecule has 0 amide bonds. The number of fused-ring (bicyclic) bond motifs is 3. The minimum Gasteiger partial charge on any atom is -0.508 e. The second kappa shape index (κ2) is 7.76. The summed E-state index contributed by atoms with van der Waals surface area (Å²) in [5, 5.41) is 22.1. The van der Waals surface area contributed by atoms with Crippen molar-refractivity contribution in [2.75, 3.05) is 13.1 Å². The first-order chi connectivity index (χ1) is 14.7. The predicted octanol–water partition coefficient (Wildman–Crippen LogP) is 3.75. The number of pyridine rings is 1. The third-order valence-electron chi connectivity index (χ3n) is 5.65. The van der Waals surface area contributed by atoms with Crippen LogP contribution in [-0.2, 0) is 6.54 Å². The minimum atomic E-state index is 0.293. The highest BCUT2D eigenvalue weighted by molar-refractivity contribution is 6.01. The lowest BCUT2D eigenvalue weighted by atomic mass is 10.1. The molecule has 7 nitrogen and oxygen atoms in total. The van der Waals surface area contributed by atoms with E-state index < -0.39 is 0 Å². The molecule has 3 heterocycles. The highest BCUT2D eigenvalue weighted by Gasteiger charge is 2.13. The molecule has 1 saturated heterocycles. The number of likely N-dealkylation sites (tertiary alicyclic amines) is 1. The lowest BCUT2D eigenvalue weighted by Gasteiger charge is -2.26. The summed E-state index contributed by atoms with van der Waals surface area (Å²) in [4.78, 5) is 16.0. The standard InChI is InChI=1S/C23H23N5O2/c29-21-7-4-17(14-16(21)15-27-11-2-1-3-12-27)26-18-8-13-28(30)20-6-5-19-23(22(18)20)25-10-9-24-19/h4-10,13-14,29-30H,1-3,11-12,15H2. The molecule has 1 aliphatic heterocycles. The second-order valence-corrected chi connectivity index (χ2v) is 7.69. The summed E-state index contributed by atoms with van der Waals surface area (Å²) in [7, 11) is 0. The van der Waals surface area contributed by atoms with Crippen molar-refractivity contribution in [1.82, 2.24) is 19.6 Å². The van der Waals surface area contributed by atoms with Crippen LogP contribution in [0.2, 0.25) is 0 Å². The average molecular weight is 401 g/mol. The topological polar surface area (TPSA) is 86.8 Å². The third-order valence-corrected chi connectivity index (χ3v) is 5.65. The van der Waals surface area contributed by atoms with E-state index in [1.54, 1.807) is 36.8 Å². The summed E-state index contributed by atoms with van der Waals surface area (Å²) in [6.45, 7) is 2.84. The molecule has 0 saturated carbocycles. The summed E-state index contributed by atoms with van der Waals surface area (Å²) >= 11 is 0. The van der Waals surface area contributed by atoms with E-state index in [1.165, 1.54) is 19.3 Å². The Labute approximate surface area is 173 Å². The number of phenolic OH excluding ortho intramolecular Hbond substituents is 1. The number of nitrogens with zero attached hydrogens (tertiary/aromatic N) is 5. The summed E-state index contributed by atoms with van der Waals surface area (Å²) in [6.07, 6.45) is 8.54. The van der Waals surface area contributed by atoms with E-state index in [2.05, 4.69) is 14.9 Å². The van der Waals surface area contributed by atoms with Gasteiger partial charge in [-0.05, 0) is 62.3 Å². The molecule has 0 radical (unpaired) electrons. The first kappa shape index (κ1) is 18.6. The summed E-state index contributed by atoms with van der Waals surface area (Å²) in [6, 6.07) is 10.8. The van der Waals surface area contributed by atoms with Gasteiger partial charge in [0.05, 0.1) is 27.5 Å². The van der Waals surface area contributed by atoms with Crippen molar-refractivity contribution in [3.8, 4) is 5.75 Å². The Morgan fingerprint density at radius 1 is 0.967 bits per heavy atom. The van der Waals surface area contributed by atoms with Crippen LogP contribution in [0, 0.1) is 0 Å². The maximum Gasteiger partial charge on any atom is 0.120 e. The van der Waals surface area contributed by atoms with Gasteiger partial charge in [0.2, 0.25) is 0 Å². The molecule has 0 atom stereocenters. The van der Waals surface area contributed by atoms with Gasteiger partial charge in [0.25, 0.3) is 0 Å². The van der Waals surface area contributed by atoms with Crippen LogP contribution in [-0.4, -0.2) is 43.0 Å². The molecule has 0 spiro atoms. The van der Waals surface area contributed by atoms with Crippen LogP contribution in [0.4, 0.5) is 5.69 Å². The quantitative estimate of drug-likeness (QED) is 0.403. The van der Waals surface area contributed by atoms with Crippen molar-refractivity contribution in [2.24, 2.45) is 4.99 Å². The first-order valence-corrected chi connectivity index (χ1v) is 10.2. The van der Waals surface area contributed by atoms with Crippen molar-refractivity contribution in [3.63, 3.8) is 0 Å². The Morgan fingerprint density at radius 2 is 1.80 bits per heavy atom. The van der Waals surface area contributed by atoms with E-state index in [-0.39, 0.29) is 0 Å². The van der Waals surface area contributed by atoms with Crippen LogP contribution in [0.15, 0.2) is 60.0 Å². The highest BCUT2D eigenvalue weighted by atomic mass is 16.5. The van der Waals surface area contributed by atoms with Crippen molar-refractivity contribution < 1.29 is 10.3 Å². The molecule has 7 heteroatoms. The second-order valence-electron chi connectivity index (χ2n) is 7.69. The fraction of sp³-hybridized carbons (Fsp3) is 0.261. The molecule has 0 aliphatic carbocycles. The molecule has 1 fully saturated rings. The van der Waals surface area contributed by atoms with Crippen LogP contribution in [0.25, 0.3) is 21.9 Å². The van der Waals surface area contributed by atoms with Gasteiger partial charge in [-0.3, -0.25) is 14.9 Å². The number of aromatic nitrogens is 3. The molecular formula is C23H23N5O2. The van der Waals surface area contributed by atoms with Gasteiger partial charge < -0.3 is 10.3 Å². The van der Waals surface area contributed by atoms with Crippen LogP contribution in [0.3, 0.4) is 0 Å². The molecule has 2 aromatic carbocycles. The predicted molar refractivity (Wildman–Crippen MR) is 115 cm³/mol. The molecule has 0 bridgehead atoms. The van der Waals surface area contributed by atoms with Gasteiger partial charge in [-0.15, -0.1) is 0 Å². The van der Waals surface area contributed by atoms with Crippen LogP contribution in [0.1, 0.15) is 24.8 Å². The van der Waals surface area contributed by atoms with Crippen molar-refractivity contribution in [3.05, 3.63) is 65.9 Å². The highest BCUT2D eigenvalue weighted by Crippen LogP contribution is 2.26. The largest absolute Gasteiger partial charge is 0.508 e. The summed E-state index contributed by atoms with van der Waals surface area (Å²) in [5.74, 6) is 0.293. The Bertz CT molecular complexity index is 1290. The molecular weight excluding hydrogens is 378 g/mol. The number of rotatable bonds is 3. The SMILES string of the molecule is Oc1ccc(N=c2ccn(O)c3ccc4nccnc4c23)cc1CN1CCCCC1. The first-order valence-electron chi connectivity index (χ1n) is 10.2. The van der Waals surface area contributed by atoms with Gasteiger partial charge >= 0.3 is 0 Å². The number of hydrogen-bond donors (Lipinski definition) is 2. The van der Waals surface area contributed by atoms with Gasteiger partial charge in [0.1, 0.15) is 11.3 Å². The number of aromatic hydroxyl groups is 1. The van der Waals surface area contributed by atoms with E-state index >= 15 is 0 Å². The number of piperidine rings is 1.